The lowest BCUT2D eigenvalue weighted by atomic mass is 9.84. The van der Waals surface area contributed by atoms with Crippen LogP contribution in [0.3, 0.4) is 0 Å². The van der Waals surface area contributed by atoms with Crippen LogP contribution in [0.15, 0.2) is 72.4 Å². The molecule has 4 rings (SSSR count). The van der Waals surface area contributed by atoms with Crippen LogP contribution >= 0.6 is 0 Å². The molecule has 1 saturated heterocycles. The van der Waals surface area contributed by atoms with Crippen LogP contribution in [0.5, 0.6) is 0 Å². The first-order valence-electron chi connectivity index (χ1n) is 11.1. The molecular weight excluding hydrogens is 431 g/mol. The van der Waals surface area contributed by atoms with Crippen molar-refractivity contribution in [3.05, 3.63) is 106 Å². The number of aliphatic hydroxyl groups is 1. The summed E-state index contributed by atoms with van der Waals surface area (Å²) in [4.78, 5) is 31.9. The van der Waals surface area contributed by atoms with Gasteiger partial charge in [0.05, 0.1) is 23.9 Å². The van der Waals surface area contributed by atoms with E-state index in [1.807, 2.05) is 45.9 Å². The molecular formula is C28H27FN2O3. The average molecular weight is 459 g/mol. The van der Waals surface area contributed by atoms with Crippen LogP contribution in [0.1, 0.15) is 54.8 Å². The number of benzene rings is 2. The van der Waals surface area contributed by atoms with Crippen LogP contribution in [0.4, 0.5) is 4.39 Å². The van der Waals surface area contributed by atoms with Gasteiger partial charge in [-0.2, -0.15) is 0 Å². The number of aryl methyl sites for hydroxylation is 1. The van der Waals surface area contributed by atoms with Crippen LogP contribution in [0, 0.1) is 12.7 Å². The Labute approximate surface area is 198 Å². The van der Waals surface area contributed by atoms with Gasteiger partial charge >= 0.3 is 0 Å². The number of aliphatic hydroxyl groups excluding tert-OH is 1. The molecule has 0 spiro atoms. The van der Waals surface area contributed by atoms with Gasteiger partial charge < -0.3 is 10.0 Å². The second-order valence-corrected chi connectivity index (χ2v) is 9.55. The minimum Gasteiger partial charge on any atom is -0.507 e. The van der Waals surface area contributed by atoms with Crippen LogP contribution in [0.25, 0.3) is 5.76 Å². The van der Waals surface area contributed by atoms with Gasteiger partial charge in [-0.1, -0.05) is 57.2 Å². The van der Waals surface area contributed by atoms with Crippen LogP contribution in [-0.2, 0) is 21.5 Å². The van der Waals surface area contributed by atoms with Crippen molar-refractivity contribution >= 4 is 17.4 Å². The van der Waals surface area contributed by atoms with Crippen molar-refractivity contribution in [2.45, 2.75) is 45.7 Å². The molecule has 6 heteroatoms. The third-order valence-corrected chi connectivity index (χ3v) is 6.16. The summed E-state index contributed by atoms with van der Waals surface area (Å²) in [5.41, 5.74) is 2.53. The van der Waals surface area contributed by atoms with Gasteiger partial charge in [-0.3, -0.25) is 14.6 Å². The SMILES string of the molecule is Cc1ccc(C(C)(C)C)cc1/C(O)=C1\C(=O)C(=O)N(Cc2ccccn2)C1c1ccccc1F. The zero-order chi connectivity index (χ0) is 24.6. The number of hydrogen-bond donors (Lipinski definition) is 1. The number of aromatic nitrogens is 1. The van der Waals surface area contributed by atoms with Crippen molar-refractivity contribution in [3.63, 3.8) is 0 Å². The molecule has 34 heavy (non-hydrogen) atoms. The fraction of sp³-hybridized carbons (Fsp3) is 0.250. The Morgan fingerprint density at radius 1 is 1.06 bits per heavy atom. The first-order valence-corrected chi connectivity index (χ1v) is 11.1. The van der Waals surface area contributed by atoms with Crippen LogP contribution in [0.2, 0.25) is 0 Å². The third kappa shape index (κ3) is 4.23. The van der Waals surface area contributed by atoms with E-state index >= 15 is 0 Å². The summed E-state index contributed by atoms with van der Waals surface area (Å²) >= 11 is 0. The summed E-state index contributed by atoms with van der Waals surface area (Å²) in [5, 5.41) is 11.4. The standard InChI is InChI=1S/C28H27FN2O3/c1-17-12-13-18(28(2,3)4)15-21(17)25(32)23-24(20-10-5-6-11-22(20)29)31(27(34)26(23)33)16-19-9-7-8-14-30-19/h5-15,24,32H,16H2,1-4H3/b25-23+. The number of halogens is 1. The van der Waals surface area contributed by atoms with Gasteiger partial charge in [-0.05, 0) is 47.7 Å². The van der Waals surface area contributed by atoms with Crippen molar-refractivity contribution in [3.8, 4) is 0 Å². The van der Waals surface area contributed by atoms with Gasteiger partial charge in [-0.15, -0.1) is 0 Å². The van der Waals surface area contributed by atoms with Crippen LogP contribution < -0.4 is 0 Å². The van der Waals surface area contributed by atoms with Gasteiger partial charge in [-0.25, -0.2) is 4.39 Å². The van der Waals surface area contributed by atoms with Crippen molar-refractivity contribution in [1.82, 2.24) is 9.88 Å². The second kappa shape index (κ2) is 8.86. The van der Waals surface area contributed by atoms with E-state index in [4.69, 9.17) is 0 Å². The normalized spacial score (nSPS) is 17.9. The monoisotopic (exact) mass is 458 g/mol. The number of hydrogen-bond acceptors (Lipinski definition) is 4. The molecule has 1 N–H and O–H groups in total. The summed E-state index contributed by atoms with van der Waals surface area (Å²) in [6.07, 6.45) is 1.59. The lowest BCUT2D eigenvalue weighted by Gasteiger charge is -2.26. The first kappa shape index (κ1) is 23.4. The molecule has 2 heterocycles. The maximum absolute atomic E-state index is 15.0. The molecule has 5 nitrogen and oxygen atoms in total. The van der Waals surface area contributed by atoms with Gasteiger partial charge in [0.2, 0.25) is 0 Å². The highest BCUT2D eigenvalue weighted by Crippen LogP contribution is 2.41. The minimum atomic E-state index is -1.08. The van der Waals surface area contributed by atoms with E-state index in [9.17, 15) is 19.1 Å². The molecule has 0 radical (unpaired) electrons. The Morgan fingerprint density at radius 2 is 1.76 bits per heavy atom. The predicted octanol–water partition coefficient (Wildman–Crippen LogP) is 5.45. The molecule has 1 aromatic heterocycles. The maximum atomic E-state index is 15.0. The van der Waals surface area contributed by atoms with E-state index in [1.54, 1.807) is 36.5 Å². The lowest BCUT2D eigenvalue weighted by molar-refractivity contribution is -0.140. The first-order chi connectivity index (χ1) is 16.1. The number of nitrogens with zero attached hydrogens (tertiary/aromatic N) is 2. The van der Waals surface area contributed by atoms with E-state index in [0.717, 1.165) is 11.1 Å². The number of carbonyl (C=O) groups excluding carboxylic acids is 2. The average Bonchev–Trinajstić information content (AvgIpc) is 3.04. The second-order valence-electron chi connectivity index (χ2n) is 9.55. The Hall–Kier alpha value is -3.80. The molecule has 3 aromatic rings. The molecule has 1 atom stereocenters. The molecule has 174 valence electrons. The molecule has 1 aliphatic rings. The highest BCUT2D eigenvalue weighted by atomic mass is 19.1. The predicted molar refractivity (Wildman–Crippen MR) is 128 cm³/mol. The lowest BCUT2D eigenvalue weighted by Crippen LogP contribution is -2.30. The molecule has 1 amide bonds. The quantitative estimate of drug-likeness (QED) is 0.321. The summed E-state index contributed by atoms with van der Waals surface area (Å²) in [6.45, 7) is 7.97. The molecule has 1 unspecified atom stereocenters. The van der Waals surface area contributed by atoms with Crippen molar-refractivity contribution < 1.29 is 19.1 Å². The third-order valence-electron chi connectivity index (χ3n) is 6.16. The topological polar surface area (TPSA) is 70.5 Å². The van der Waals surface area contributed by atoms with E-state index in [1.165, 1.54) is 17.0 Å². The smallest absolute Gasteiger partial charge is 0.296 e. The highest BCUT2D eigenvalue weighted by molar-refractivity contribution is 6.46. The summed E-state index contributed by atoms with van der Waals surface area (Å²) in [6, 6.07) is 15.8. The largest absolute Gasteiger partial charge is 0.507 e. The highest BCUT2D eigenvalue weighted by Gasteiger charge is 2.47. The Balaban J connectivity index is 1.93. The van der Waals surface area contributed by atoms with Crippen molar-refractivity contribution in [2.24, 2.45) is 0 Å². The van der Waals surface area contributed by atoms with Gasteiger partial charge in [0.25, 0.3) is 11.7 Å². The molecule has 0 bridgehead atoms. The fourth-order valence-corrected chi connectivity index (χ4v) is 4.22. The fourth-order valence-electron chi connectivity index (χ4n) is 4.22. The number of likely N-dealkylation sites (tertiary alicyclic amines) is 1. The number of rotatable bonds is 4. The maximum Gasteiger partial charge on any atom is 0.296 e. The zero-order valence-corrected chi connectivity index (χ0v) is 19.7. The molecule has 0 aliphatic carbocycles. The summed E-state index contributed by atoms with van der Waals surface area (Å²) in [7, 11) is 0. The van der Waals surface area contributed by atoms with E-state index < -0.39 is 23.5 Å². The minimum absolute atomic E-state index is 0.00219. The number of pyridine rings is 1. The van der Waals surface area contributed by atoms with Gasteiger partial charge in [0, 0.05) is 17.3 Å². The van der Waals surface area contributed by atoms with Crippen molar-refractivity contribution in [1.29, 1.82) is 0 Å². The molecule has 1 fully saturated rings. The van der Waals surface area contributed by atoms with E-state index in [2.05, 4.69) is 4.98 Å². The van der Waals surface area contributed by atoms with E-state index in [-0.39, 0.29) is 28.9 Å². The van der Waals surface area contributed by atoms with Crippen molar-refractivity contribution in [2.75, 3.05) is 0 Å². The number of carbonyl (C=O) groups is 2. The summed E-state index contributed by atoms with van der Waals surface area (Å²) < 4.78 is 15.0. The van der Waals surface area contributed by atoms with E-state index in [0.29, 0.717) is 11.3 Å². The Kier molecular flexibility index (Phi) is 6.09. The number of amides is 1. The molecule has 2 aromatic carbocycles. The Bertz CT molecular complexity index is 1290. The Morgan fingerprint density at radius 3 is 2.41 bits per heavy atom. The van der Waals surface area contributed by atoms with Gasteiger partial charge in [0.15, 0.2) is 0 Å². The molecule has 1 aliphatic heterocycles. The number of ketones is 1. The van der Waals surface area contributed by atoms with Gasteiger partial charge in [0.1, 0.15) is 11.6 Å². The number of Topliss-reactive ketones (excluding diaryl/α,β-unsaturated/α-hetero) is 1. The summed E-state index contributed by atoms with van der Waals surface area (Å²) in [5.74, 6) is -2.52. The molecule has 0 saturated carbocycles. The van der Waals surface area contributed by atoms with Crippen LogP contribution in [-0.4, -0.2) is 26.7 Å². The zero-order valence-electron chi connectivity index (χ0n) is 19.7.